The van der Waals surface area contributed by atoms with Crippen LogP contribution in [0.15, 0.2) is 18.5 Å². The number of hydrogen-bond donors (Lipinski definition) is 2. The van der Waals surface area contributed by atoms with E-state index in [-0.39, 0.29) is 25.3 Å². The number of aliphatic hydroxyl groups excluding tert-OH is 1. The highest BCUT2D eigenvalue weighted by molar-refractivity contribution is 7.89. The van der Waals surface area contributed by atoms with E-state index in [0.717, 1.165) is 11.1 Å². The summed E-state index contributed by atoms with van der Waals surface area (Å²) in [6.45, 7) is 2.03. The fourth-order valence-corrected chi connectivity index (χ4v) is 2.23. The molecule has 0 saturated heterocycles. The van der Waals surface area contributed by atoms with Crippen LogP contribution in [0.2, 0.25) is 0 Å². The Morgan fingerprint density at radius 3 is 2.88 bits per heavy atom. The fraction of sp³-hybridized carbons (Fsp3) is 0.500. The summed E-state index contributed by atoms with van der Waals surface area (Å²) in [5.74, 6) is -0.0528. The van der Waals surface area contributed by atoms with Gasteiger partial charge in [0.1, 0.15) is 0 Å². The smallest absolute Gasteiger partial charge is 0.211 e. The van der Waals surface area contributed by atoms with Crippen molar-refractivity contribution in [1.82, 2.24) is 9.71 Å². The van der Waals surface area contributed by atoms with Gasteiger partial charge < -0.3 is 5.11 Å². The Kier molecular flexibility index (Phi) is 4.85. The fourth-order valence-electron chi connectivity index (χ4n) is 1.20. The number of nitrogens with zero attached hydrogens (tertiary/aromatic N) is 1. The van der Waals surface area contributed by atoms with Crippen LogP contribution in [0, 0.1) is 6.92 Å². The summed E-state index contributed by atoms with van der Waals surface area (Å²) in [5.41, 5.74) is 1.86. The molecule has 0 aliphatic carbocycles. The van der Waals surface area contributed by atoms with Crippen molar-refractivity contribution in [2.75, 3.05) is 12.4 Å². The van der Waals surface area contributed by atoms with Gasteiger partial charge in [0.05, 0.1) is 5.75 Å². The molecule has 0 radical (unpaired) electrons. The Morgan fingerprint density at radius 1 is 1.50 bits per heavy atom. The molecule has 0 aromatic carbocycles. The highest BCUT2D eigenvalue weighted by Crippen LogP contribution is 2.04. The first-order valence-electron chi connectivity index (χ1n) is 5.03. The lowest BCUT2D eigenvalue weighted by Crippen LogP contribution is -2.26. The van der Waals surface area contributed by atoms with Gasteiger partial charge in [-0.15, -0.1) is 0 Å². The third-order valence-electron chi connectivity index (χ3n) is 2.20. The first kappa shape index (κ1) is 13.1. The van der Waals surface area contributed by atoms with Crippen molar-refractivity contribution in [2.45, 2.75) is 19.9 Å². The van der Waals surface area contributed by atoms with Gasteiger partial charge in [-0.3, -0.25) is 4.98 Å². The summed E-state index contributed by atoms with van der Waals surface area (Å²) in [6, 6.07) is 1.83. The first-order valence-corrected chi connectivity index (χ1v) is 6.68. The van der Waals surface area contributed by atoms with Crippen molar-refractivity contribution in [3.63, 3.8) is 0 Å². The standard InChI is InChI=1S/C10H16N2O3S/c1-9-3-4-11-7-10(9)8-12-16(14,15)6-2-5-13/h3-4,7,12-13H,2,5-6,8H2,1H3. The molecular weight excluding hydrogens is 228 g/mol. The van der Waals surface area contributed by atoms with Gasteiger partial charge in [0.2, 0.25) is 10.0 Å². The number of hydrogen-bond acceptors (Lipinski definition) is 4. The second kappa shape index (κ2) is 5.93. The summed E-state index contributed by atoms with van der Waals surface area (Å²) in [6.07, 6.45) is 3.56. The minimum Gasteiger partial charge on any atom is -0.396 e. The van der Waals surface area contributed by atoms with Gasteiger partial charge in [0.25, 0.3) is 0 Å². The molecule has 2 N–H and O–H groups in total. The van der Waals surface area contributed by atoms with Crippen molar-refractivity contribution in [3.8, 4) is 0 Å². The van der Waals surface area contributed by atoms with E-state index in [1.165, 1.54) is 0 Å². The molecule has 16 heavy (non-hydrogen) atoms. The Balaban J connectivity index is 2.55. The molecule has 6 heteroatoms. The summed E-state index contributed by atoms with van der Waals surface area (Å²) < 4.78 is 25.3. The SMILES string of the molecule is Cc1ccncc1CNS(=O)(=O)CCCO. The van der Waals surface area contributed by atoms with Gasteiger partial charge in [-0.05, 0) is 30.5 Å². The monoisotopic (exact) mass is 244 g/mol. The van der Waals surface area contributed by atoms with E-state index < -0.39 is 10.0 Å². The second-order valence-electron chi connectivity index (χ2n) is 3.52. The van der Waals surface area contributed by atoms with E-state index in [2.05, 4.69) is 9.71 Å². The van der Waals surface area contributed by atoms with Crippen molar-refractivity contribution in [3.05, 3.63) is 29.6 Å². The zero-order valence-electron chi connectivity index (χ0n) is 9.18. The van der Waals surface area contributed by atoms with Gasteiger partial charge in [-0.1, -0.05) is 0 Å². The van der Waals surface area contributed by atoms with E-state index in [4.69, 9.17) is 5.11 Å². The van der Waals surface area contributed by atoms with E-state index in [0.29, 0.717) is 0 Å². The topological polar surface area (TPSA) is 79.3 Å². The molecule has 90 valence electrons. The largest absolute Gasteiger partial charge is 0.396 e. The average molecular weight is 244 g/mol. The van der Waals surface area contributed by atoms with Gasteiger partial charge in [-0.25, -0.2) is 13.1 Å². The molecule has 0 saturated carbocycles. The van der Waals surface area contributed by atoms with Crippen LogP contribution < -0.4 is 4.72 Å². The minimum atomic E-state index is -3.30. The van der Waals surface area contributed by atoms with Gasteiger partial charge in [-0.2, -0.15) is 0 Å². The van der Waals surface area contributed by atoms with Crippen LogP contribution in [0.1, 0.15) is 17.5 Å². The molecule has 1 heterocycles. The van der Waals surface area contributed by atoms with Crippen molar-refractivity contribution in [1.29, 1.82) is 0 Å². The van der Waals surface area contributed by atoms with E-state index in [9.17, 15) is 8.42 Å². The zero-order valence-corrected chi connectivity index (χ0v) is 10.00. The van der Waals surface area contributed by atoms with Crippen molar-refractivity contribution < 1.29 is 13.5 Å². The van der Waals surface area contributed by atoms with Crippen LogP contribution in [0.3, 0.4) is 0 Å². The number of aryl methyl sites for hydroxylation is 1. The molecule has 0 aliphatic rings. The highest BCUT2D eigenvalue weighted by atomic mass is 32.2. The Morgan fingerprint density at radius 2 is 2.25 bits per heavy atom. The molecule has 1 aromatic heterocycles. The van der Waals surface area contributed by atoms with Crippen LogP contribution in [-0.2, 0) is 16.6 Å². The Hall–Kier alpha value is -0.980. The lowest BCUT2D eigenvalue weighted by molar-refractivity contribution is 0.295. The predicted octanol–water partition coefficient (Wildman–Crippen LogP) is 0.192. The molecule has 0 bridgehead atoms. The molecule has 1 aromatic rings. The molecule has 1 rings (SSSR count). The first-order chi connectivity index (χ1) is 7.55. The maximum absolute atomic E-state index is 11.4. The number of sulfonamides is 1. The Labute approximate surface area is 95.6 Å². The molecule has 0 unspecified atom stereocenters. The lowest BCUT2D eigenvalue weighted by atomic mass is 10.2. The number of rotatable bonds is 6. The van der Waals surface area contributed by atoms with E-state index in [1.54, 1.807) is 12.4 Å². The summed E-state index contributed by atoms with van der Waals surface area (Å²) in [5, 5.41) is 8.56. The third-order valence-corrected chi connectivity index (χ3v) is 3.61. The molecule has 0 spiro atoms. The normalized spacial score (nSPS) is 11.6. The maximum Gasteiger partial charge on any atom is 0.211 e. The van der Waals surface area contributed by atoms with E-state index in [1.807, 2.05) is 13.0 Å². The number of pyridine rings is 1. The lowest BCUT2D eigenvalue weighted by Gasteiger charge is -2.07. The highest BCUT2D eigenvalue weighted by Gasteiger charge is 2.09. The van der Waals surface area contributed by atoms with Crippen LogP contribution in [0.4, 0.5) is 0 Å². The number of nitrogens with one attached hydrogen (secondary N) is 1. The molecular formula is C10H16N2O3S. The third kappa shape index (κ3) is 4.26. The minimum absolute atomic E-state index is 0.0528. The maximum atomic E-state index is 11.4. The molecule has 0 aliphatic heterocycles. The summed E-state index contributed by atoms with van der Waals surface area (Å²) >= 11 is 0. The van der Waals surface area contributed by atoms with Crippen molar-refractivity contribution >= 4 is 10.0 Å². The Bertz CT molecular complexity index is 431. The zero-order chi connectivity index (χ0) is 12.0. The number of aromatic nitrogens is 1. The average Bonchev–Trinajstić information content (AvgIpc) is 2.26. The van der Waals surface area contributed by atoms with Crippen LogP contribution in [-0.4, -0.2) is 30.9 Å². The molecule has 0 amide bonds. The van der Waals surface area contributed by atoms with Crippen molar-refractivity contribution in [2.24, 2.45) is 0 Å². The molecule has 5 nitrogen and oxygen atoms in total. The second-order valence-corrected chi connectivity index (χ2v) is 5.45. The molecule has 0 atom stereocenters. The van der Waals surface area contributed by atoms with Gasteiger partial charge in [0, 0.05) is 25.5 Å². The van der Waals surface area contributed by atoms with Crippen LogP contribution >= 0.6 is 0 Å². The predicted molar refractivity (Wildman–Crippen MR) is 61.3 cm³/mol. The quantitative estimate of drug-likeness (QED) is 0.749. The van der Waals surface area contributed by atoms with Gasteiger partial charge >= 0.3 is 0 Å². The molecule has 0 fully saturated rings. The van der Waals surface area contributed by atoms with Gasteiger partial charge in [0.15, 0.2) is 0 Å². The summed E-state index contributed by atoms with van der Waals surface area (Å²) in [4.78, 5) is 3.93. The van der Waals surface area contributed by atoms with Crippen LogP contribution in [0.25, 0.3) is 0 Å². The number of aliphatic hydroxyl groups is 1. The van der Waals surface area contributed by atoms with E-state index >= 15 is 0 Å². The summed E-state index contributed by atoms with van der Waals surface area (Å²) in [7, 11) is -3.30. The van der Waals surface area contributed by atoms with Crippen LogP contribution in [0.5, 0.6) is 0 Å².